The van der Waals surface area contributed by atoms with Crippen LogP contribution in [0.5, 0.6) is 0 Å². The van der Waals surface area contributed by atoms with E-state index in [-0.39, 0.29) is 12.3 Å². The molecule has 0 spiro atoms. The molecule has 1 aliphatic rings. The van der Waals surface area contributed by atoms with Crippen LogP contribution < -0.4 is 9.80 Å². The zero-order valence-electron chi connectivity index (χ0n) is 20.6. The van der Waals surface area contributed by atoms with E-state index in [0.717, 1.165) is 4.90 Å². The first-order valence-corrected chi connectivity index (χ1v) is 12.8. The first-order valence-electron chi connectivity index (χ1n) is 11.7. The highest BCUT2D eigenvalue weighted by atomic mass is 32.2. The fourth-order valence-electron chi connectivity index (χ4n) is 3.85. The van der Waals surface area contributed by atoms with Gasteiger partial charge in [-0.15, -0.1) is 0 Å². The van der Waals surface area contributed by atoms with E-state index in [0.29, 0.717) is 44.2 Å². The van der Waals surface area contributed by atoms with E-state index in [9.17, 15) is 23.4 Å². The van der Waals surface area contributed by atoms with E-state index in [2.05, 4.69) is 6.58 Å². The summed E-state index contributed by atoms with van der Waals surface area (Å²) < 4.78 is 13.4. The minimum atomic E-state index is -1.63. The molecule has 3 aromatic rings. The third-order valence-corrected chi connectivity index (χ3v) is 7.24. The van der Waals surface area contributed by atoms with Crippen LogP contribution in [0.1, 0.15) is 27.1 Å². The smallest absolute Gasteiger partial charge is 0.266 e. The van der Waals surface area contributed by atoms with Crippen molar-refractivity contribution in [1.82, 2.24) is 0 Å². The highest BCUT2D eigenvalue weighted by molar-refractivity contribution is 7.85. The molecule has 8 heteroatoms. The van der Waals surface area contributed by atoms with Crippen LogP contribution in [0.4, 0.5) is 11.4 Å². The highest BCUT2D eigenvalue weighted by Gasteiger charge is 2.36. The largest absolute Gasteiger partial charge is 0.315 e. The van der Waals surface area contributed by atoms with Gasteiger partial charge in [-0.25, -0.2) is 9.11 Å². The number of imide groups is 1. The second kappa shape index (κ2) is 11.6. The van der Waals surface area contributed by atoms with Gasteiger partial charge >= 0.3 is 0 Å². The molecule has 1 unspecified atom stereocenters. The Labute approximate surface area is 222 Å². The number of allylic oxidation sites excluding steroid dienone is 4. The minimum absolute atomic E-state index is 0.129. The Hall–Kier alpha value is -4.69. The quantitative estimate of drug-likeness (QED) is 0.172. The van der Waals surface area contributed by atoms with Crippen LogP contribution in [0, 0.1) is 0 Å². The fraction of sp³-hybridized carbons (Fsp3) is 0.0667. The number of amides is 3. The van der Waals surface area contributed by atoms with E-state index in [4.69, 9.17) is 0 Å². The zero-order chi connectivity index (χ0) is 27.2. The Morgan fingerprint density at radius 1 is 0.921 bits per heavy atom. The Morgan fingerprint density at radius 3 is 2.21 bits per heavy atom. The van der Waals surface area contributed by atoms with Crippen LogP contribution in [-0.4, -0.2) is 35.3 Å². The van der Waals surface area contributed by atoms with Crippen molar-refractivity contribution in [3.63, 3.8) is 0 Å². The molecule has 3 aromatic carbocycles. The van der Waals surface area contributed by atoms with E-state index in [1.165, 1.54) is 4.90 Å². The molecule has 7 nitrogen and oxygen atoms in total. The average Bonchev–Trinajstić information content (AvgIpc) is 3.21. The molecule has 0 aromatic heterocycles. The molecule has 0 fully saturated rings. The molecular formula is C30H24N2O5S. The Balaban J connectivity index is 1.50. The van der Waals surface area contributed by atoms with Crippen molar-refractivity contribution < 1.29 is 23.4 Å². The first kappa shape index (κ1) is 26.4. The van der Waals surface area contributed by atoms with Gasteiger partial charge in [-0.05, 0) is 48.5 Å². The second-order valence-electron chi connectivity index (χ2n) is 8.39. The Bertz CT molecular complexity index is 1500. The van der Waals surface area contributed by atoms with Crippen molar-refractivity contribution in [3.8, 4) is 0 Å². The molecule has 0 bridgehead atoms. The third kappa shape index (κ3) is 5.50. The molecular weight excluding hydrogens is 500 g/mol. The summed E-state index contributed by atoms with van der Waals surface area (Å²) >= 11 is 0. The van der Waals surface area contributed by atoms with Gasteiger partial charge in [-0.2, -0.15) is 0 Å². The lowest BCUT2D eigenvalue weighted by atomic mass is 10.1. The van der Waals surface area contributed by atoms with Gasteiger partial charge in [0.25, 0.3) is 11.8 Å². The summed E-state index contributed by atoms with van der Waals surface area (Å²) in [4.78, 5) is 52.3. The number of anilines is 2. The molecule has 0 aliphatic carbocycles. The number of rotatable bonds is 9. The van der Waals surface area contributed by atoms with Gasteiger partial charge in [-0.1, -0.05) is 55.1 Å². The van der Waals surface area contributed by atoms with Crippen LogP contribution in [0.15, 0.2) is 119 Å². The van der Waals surface area contributed by atoms with E-state index < -0.39 is 22.6 Å². The Kier molecular flexibility index (Phi) is 8.03. The lowest BCUT2D eigenvalue weighted by Gasteiger charge is -2.18. The van der Waals surface area contributed by atoms with Crippen LogP contribution in [0.3, 0.4) is 0 Å². The van der Waals surface area contributed by atoms with Gasteiger partial charge in [0.15, 0.2) is 0 Å². The molecule has 1 aliphatic heterocycles. The van der Waals surface area contributed by atoms with E-state index >= 15 is 0 Å². The Morgan fingerprint density at radius 2 is 1.55 bits per heavy atom. The van der Waals surface area contributed by atoms with Gasteiger partial charge in [0.2, 0.25) is 5.91 Å². The summed E-state index contributed by atoms with van der Waals surface area (Å²) in [6.45, 7) is 3.54. The van der Waals surface area contributed by atoms with Gasteiger partial charge in [-0.3, -0.25) is 19.2 Å². The van der Waals surface area contributed by atoms with Crippen molar-refractivity contribution in [2.75, 3.05) is 16.8 Å². The van der Waals surface area contributed by atoms with Crippen molar-refractivity contribution >= 4 is 46.2 Å². The predicted octanol–water partition coefficient (Wildman–Crippen LogP) is 4.87. The number of hydrogen-bond acceptors (Lipinski definition) is 5. The standard InChI is InChI=1S/C30H24N2O5S/c1-21(20-33)10-4-3-5-17-28(34)31(2)22-11-8-13-24(18-22)38(37)25-14-9-12-23(19-25)32-29(35)26-15-6-7-16-27(26)30(32)36/h3-16,18-20H,1,17H2,2H3/b5-3-,10-4-. The number of carbonyl (C=O) groups is 4. The number of nitrogens with zero attached hydrogens (tertiary/aromatic N) is 2. The van der Waals surface area contributed by atoms with Gasteiger partial charge in [0.1, 0.15) is 6.29 Å². The lowest BCUT2D eigenvalue weighted by molar-refractivity contribution is -0.117. The van der Waals surface area contributed by atoms with E-state index in [1.807, 2.05) is 0 Å². The maximum atomic E-state index is 13.4. The second-order valence-corrected chi connectivity index (χ2v) is 9.87. The molecule has 0 saturated carbocycles. The SMILES string of the molecule is C=C(C=O)/C=C\C=C/CC(=O)N(C)c1cccc(S(=O)c2cccc(N3C(=O)c4ccccc4C3=O)c2)c1. The molecule has 0 N–H and O–H groups in total. The highest BCUT2D eigenvalue weighted by Crippen LogP contribution is 2.30. The van der Waals surface area contributed by atoms with Crippen molar-refractivity contribution in [3.05, 3.63) is 120 Å². The number of aldehydes is 1. The molecule has 0 saturated heterocycles. The van der Waals surface area contributed by atoms with Gasteiger partial charge < -0.3 is 4.90 Å². The third-order valence-electron chi connectivity index (χ3n) is 5.88. The van der Waals surface area contributed by atoms with Crippen molar-refractivity contribution in [2.24, 2.45) is 0 Å². The van der Waals surface area contributed by atoms with Gasteiger partial charge in [0.05, 0.1) is 27.6 Å². The summed E-state index contributed by atoms with van der Waals surface area (Å²) in [6, 6.07) is 19.9. The number of carbonyl (C=O) groups excluding carboxylic acids is 4. The zero-order valence-corrected chi connectivity index (χ0v) is 21.4. The fourth-order valence-corrected chi connectivity index (χ4v) is 4.98. The molecule has 190 valence electrons. The average molecular weight is 525 g/mol. The molecule has 1 heterocycles. The predicted molar refractivity (Wildman–Crippen MR) is 147 cm³/mol. The van der Waals surface area contributed by atoms with Crippen LogP contribution >= 0.6 is 0 Å². The normalized spacial score (nSPS) is 13.7. The summed E-state index contributed by atoms with van der Waals surface area (Å²) in [5.41, 5.74) is 1.90. The molecule has 0 radical (unpaired) electrons. The van der Waals surface area contributed by atoms with Crippen molar-refractivity contribution in [2.45, 2.75) is 16.2 Å². The number of fused-ring (bicyclic) bond motifs is 1. The molecule has 38 heavy (non-hydrogen) atoms. The maximum Gasteiger partial charge on any atom is 0.266 e. The van der Waals surface area contributed by atoms with Crippen LogP contribution in [-0.2, 0) is 20.4 Å². The summed E-state index contributed by atoms with van der Waals surface area (Å²) in [7, 11) is -0.000569. The lowest BCUT2D eigenvalue weighted by Crippen LogP contribution is -2.29. The summed E-state index contributed by atoms with van der Waals surface area (Å²) in [5, 5.41) is 0. The number of benzene rings is 3. The molecule has 4 rings (SSSR count). The monoisotopic (exact) mass is 524 g/mol. The van der Waals surface area contributed by atoms with Gasteiger partial charge in [0, 0.05) is 34.5 Å². The number of hydrogen-bond donors (Lipinski definition) is 0. The first-order chi connectivity index (χ1) is 18.3. The summed E-state index contributed by atoms with van der Waals surface area (Å²) in [5.74, 6) is -1.03. The van der Waals surface area contributed by atoms with Crippen LogP contribution in [0.25, 0.3) is 0 Å². The minimum Gasteiger partial charge on any atom is -0.315 e. The maximum absolute atomic E-state index is 13.4. The topological polar surface area (TPSA) is 91.8 Å². The van der Waals surface area contributed by atoms with Crippen LogP contribution in [0.2, 0.25) is 0 Å². The van der Waals surface area contributed by atoms with E-state index in [1.54, 1.807) is 104 Å². The summed E-state index contributed by atoms with van der Waals surface area (Å²) in [6.07, 6.45) is 7.27. The molecule has 3 amide bonds. The molecule has 1 atom stereocenters. The van der Waals surface area contributed by atoms with Crippen molar-refractivity contribution in [1.29, 1.82) is 0 Å².